The number of hydrogen-bond donors (Lipinski definition) is 3. The number of hydrogen-bond acceptors (Lipinski definition) is 4. The van der Waals surface area contributed by atoms with Crippen LogP contribution in [0, 0.1) is 5.41 Å². The molecule has 0 aliphatic heterocycles. The largest absolute Gasteiger partial charge is 0.395 e. The van der Waals surface area contributed by atoms with Crippen LogP contribution in [0.15, 0.2) is 63.9 Å². The maximum absolute atomic E-state index is 9.63. The quantitative estimate of drug-likeness (QED) is 0.173. The number of aliphatic imine (C=N–C) groups is 1. The van der Waals surface area contributed by atoms with E-state index in [0.29, 0.717) is 12.1 Å². The van der Waals surface area contributed by atoms with Gasteiger partial charge in [-0.15, -0.1) is 5.11 Å². The van der Waals surface area contributed by atoms with E-state index in [0.717, 1.165) is 54.9 Å². The monoisotopic (exact) mass is 408 g/mol. The van der Waals surface area contributed by atoms with Gasteiger partial charge in [0, 0.05) is 30.8 Å². The maximum Gasteiger partial charge on any atom is 0.176 e. The molecule has 0 atom stereocenters. The molecule has 0 aliphatic rings. The zero-order valence-electron chi connectivity index (χ0n) is 17.9. The molecule has 2 aromatic rings. The molecule has 0 saturated heterocycles. The van der Waals surface area contributed by atoms with Crippen LogP contribution < -0.4 is 10.7 Å². The van der Waals surface area contributed by atoms with Crippen molar-refractivity contribution in [2.75, 3.05) is 24.6 Å². The summed E-state index contributed by atoms with van der Waals surface area (Å²) >= 11 is 0. The standard InChI is InChI=1S/C23H32N6O/c1-3-5-10-22(26-15-4-2)29(16-17-30)19-13-11-18(12-14-19)20-8-6-7-9-21(20)23(24)27-28-25/h6-9,11-14,30H,3-5,10,15-17H2,1-2H3,(H3,24,25,27). The second-order valence-corrected chi connectivity index (χ2v) is 6.93. The first kappa shape index (κ1) is 23.2. The summed E-state index contributed by atoms with van der Waals surface area (Å²) in [7, 11) is 0. The Kier molecular flexibility index (Phi) is 9.67. The number of nitrogens with one attached hydrogen (secondary N) is 1. The van der Waals surface area contributed by atoms with Gasteiger partial charge in [-0.1, -0.05) is 61.9 Å². The Morgan fingerprint density at radius 3 is 2.43 bits per heavy atom. The molecule has 2 rings (SSSR count). The predicted molar refractivity (Wildman–Crippen MR) is 124 cm³/mol. The average molecular weight is 409 g/mol. The van der Waals surface area contributed by atoms with E-state index in [4.69, 9.17) is 16.2 Å². The molecule has 0 radical (unpaired) electrons. The van der Waals surface area contributed by atoms with Gasteiger partial charge in [0.1, 0.15) is 5.84 Å². The summed E-state index contributed by atoms with van der Waals surface area (Å²) in [5.74, 6) is 6.16. The minimum atomic E-state index is 0.0210. The summed E-state index contributed by atoms with van der Waals surface area (Å²) in [5, 5.41) is 24.6. The lowest BCUT2D eigenvalue weighted by atomic mass is 9.98. The fraction of sp³-hybridized carbons (Fsp3) is 0.391. The number of nitrogens with zero attached hydrogens (tertiary/aromatic N) is 4. The van der Waals surface area contributed by atoms with E-state index in [1.54, 1.807) is 0 Å². The number of anilines is 1. The highest BCUT2D eigenvalue weighted by Crippen LogP contribution is 2.27. The third-order valence-corrected chi connectivity index (χ3v) is 4.74. The number of unbranched alkanes of at least 4 members (excludes halogenated alkanes) is 1. The molecule has 4 N–H and O–H groups in total. The van der Waals surface area contributed by atoms with Gasteiger partial charge in [0.2, 0.25) is 0 Å². The maximum atomic E-state index is 9.63. The Bertz CT molecular complexity index is 860. The fourth-order valence-corrected chi connectivity index (χ4v) is 3.26. The van der Waals surface area contributed by atoms with Gasteiger partial charge in [0.25, 0.3) is 0 Å². The smallest absolute Gasteiger partial charge is 0.176 e. The Labute approximate surface area is 178 Å². The number of aliphatic hydroxyl groups is 1. The van der Waals surface area contributed by atoms with E-state index in [9.17, 15) is 5.11 Å². The summed E-state index contributed by atoms with van der Waals surface area (Å²) in [6.07, 6.45) is 4.04. The van der Waals surface area contributed by atoms with Crippen molar-refractivity contribution in [1.82, 2.24) is 0 Å². The van der Waals surface area contributed by atoms with Crippen LogP contribution in [-0.2, 0) is 0 Å². The number of aliphatic hydroxyl groups excluding tert-OH is 1. The van der Waals surface area contributed by atoms with Crippen molar-refractivity contribution in [2.45, 2.75) is 39.5 Å². The van der Waals surface area contributed by atoms with Crippen molar-refractivity contribution in [2.24, 2.45) is 21.2 Å². The van der Waals surface area contributed by atoms with Gasteiger partial charge in [-0.25, -0.2) is 0 Å². The first-order valence-electron chi connectivity index (χ1n) is 10.5. The highest BCUT2D eigenvalue weighted by Gasteiger charge is 2.14. The van der Waals surface area contributed by atoms with Crippen molar-refractivity contribution < 1.29 is 5.11 Å². The number of amidine groups is 2. The summed E-state index contributed by atoms with van der Waals surface area (Å²) < 4.78 is 0. The first-order valence-corrected chi connectivity index (χ1v) is 10.5. The van der Waals surface area contributed by atoms with Gasteiger partial charge in [0.05, 0.1) is 6.61 Å². The summed E-state index contributed by atoms with van der Waals surface area (Å²) in [5.41, 5.74) is 3.52. The molecule has 2 aromatic carbocycles. The van der Waals surface area contributed by atoms with Crippen molar-refractivity contribution in [3.05, 3.63) is 54.1 Å². The third-order valence-electron chi connectivity index (χ3n) is 4.74. The number of benzene rings is 2. The predicted octanol–water partition coefficient (Wildman–Crippen LogP) is 4.80. The molecular formula is C23H32N6O. The number of rotatable bonds is 10. The molecule has 0 amide bonds. The molecule has 0 saturated carbocycles. The van der Waals surface area contributed by atoms with E-state index in [2.05, 4.69) is 29.1 Å². The highest BCUT2D eigenvalue weighted by molar-refractivity contribution is 6.03. The molecule has 0 fully saturated rings. The zero-order valence-corrected chi connectivity index (χ0v) is 17.9. The SMILES string of the molecule is CCCCC(=NCCC)N(CCO)c1ccc(-c2ccccc2C(=N)N=NN)cc1. The molecule has 0 aromatic heterocycles. The van der Waals surface area contributed by atoms with E-state index >= 15 is 0 Å². The lowest BCUT2D eigenvalue weighted by molar-refractivity contribution is 0.306. The molecule has 7 heteroatoms. The second-order valence-electron chi connectivity index (χ2n) is 6.93. The molecule has 30 heavy (non-hydrogen) atoms. The van der Waals surface area contributed by atoms with E-state index in [-0.39, 0.29) is 12.4 Å². The molecule has 0 aliphatic carbocycles. The summed E-state index contributed by atoms with van der Waals surface area (Å²) in [6.45, 7) is 5.63. The van der Waals surface area contributed by atoms with Crippen LogP contribution in [0.5, 0.6) is 0 Å². The van der Waals surface area contributed by atoms with Crippen LogP contribution >= 0.6 is 0 Å². The second kappa shape index (κ2) is 12.5. The van der Waals surface area contributed by atoms with Gasteiger partial charge in [0.15, 0.2) is 5.84 Å². The molecular weight excluding hydrogens is 376 g/mol. The number of nitrogens with two attached hydrogens (primary N) is 1. The molecule has 7 nitrogen and oxygen atoms in total. The average Bonchev–Trinajstić information content (AvgIpc) is 2.78. The van der Waals surface area contributed by atoms with Crippen LogP contribution in [0.25, 0.3) is 11.1 Å². The van der Waals surface area contributed by atoms with E-state index in [1.807, 2.05) is 48.5 Å². The molecule has 0 unspecified atom stereocenters. The van der Waals surface area contributed by atoms with Crippen molar-refractivity contribution >= 4 is 17.4 Å². The highest BCUT2D eigenvalue weighted by atomic mass is 16.3. The Morgan fingerprint density at radius 2 is 1.80 bits per heavy atom. The van der Waals surface area contributed by atoms with E-state index < -0.39 is 0 Å². The van der Waals surface area contributed by atoms with Crippen LogP contribution in [0.3, 0.4) is 0 Å². The van der Waals surface area contributed by atoms with Crippen LogP contribution in [0.4, 0.5) is 5.69 Å². The minimum Gasteiger partial charge on any atom is -0.395 e. The lowest BCUT2D eigenvalue weighted by Crippen LogP contribution is -2.33. The van der Waals surface area contributed by atoms with Crippen LogP contribution in [-0.4, -0.2) is 36.5 Å². The zero-order chi connectivity index (χ0) is 21.8. The molecule has 0 spiro atoms. The molecule has 0 heterocycles. The fourth-order valence-electron chi connectivity index (χ4n) is 3.26. The first-order chi connectivity index (χ1) is 14.7. The minimum absolute atomic E-state index is 0.0210. The summed E-state index contributed by atoms with van der Waals surface area (Å²) in [4.78, 5) is 6.88. The van der Waals surface area contributed by atoms with Gasteiger partial charge < -0.3 is 15.8 Å². The van der Waals surface area contributed by atoms with Gasteiger partial charge in [-0.2, -0.15) is 0 Å². The topological polar surface area (TPSA) is 110 Å². The Morgan fingerprint density at radius 1 is 1.07 bits per heavy atom. The Balaban J connectivity index is 2.37. The van der Waals surface area contributed by atoms with Gasteiger partial charge in [-0.3, -0.25) is 10.4 Å². The lowest BCUT2D eigenvalue weighted by Gasteiger charge is -2.26. The van der Waals surface area contributed by atoms with Crippen LogP contribution in [0.1, 0.15) is 45.1 Å². The van der Waals surface area contributed by atoms with Crippen molar-refractivity contribution in [3.8, 4) is 11.1 Å². The van der Waals surface area contributed by atoms with Crippen LogP contribution in [0.2, 0.25) is 0 Å². The molecule has 160 valence electrons. The summed E-state index contributed by atoms with van der Waals surface area (Å²) in [6, 6.07) is 15.7. The van der Waals surface area contributed by atoms with Crippen molar-refractivity contribution in [1.29, 1.82) is 5.41 Å². The van der Waals surface area contributed by atoms with Crippen molar-refractivity contribution in [3.63, 3.8) is 0 Å². The van der Waals surface area contributed by atoms with Gasteiger partial charge in [-0.05, 0) is 36.1 Å². The van der Waals surface area contributed by atoms with E-state index in [1.165, 1.54) is 0 Å². The third kappa shape index (κ3) is 6.22. The van der Waals surface area contributed by atoms with Gasteiger partial charge >= 0.3 is 0 Å². The Hall–Kier alpha value is -3.06. The molecule has 0 bridgehead atoms. The normalized spacial score (nSPS) is 11.8.